The molecule has 0 N–H and O–H groups in total. The Morgan fingerprint density at radius 3 is 2.65 bits per heavy atom. The van der Waals surface area contributed by atoms with E-state index in [4.69, 9.17) is 9.72 Å². The third kappa shape index (κ3) is 2.84. The number of aryl methyl sites for hydroxylation is 1. The molecule has 0 amide bonds. The fraction of sp³-hybridized carbons (Fsp3) is 0.450. The topological polar surface area (TPSA) is 57.8 Å². The molecule has 2 aliphatic rings. The summed E-state index contributed by atoms with van der Waals surface area (Å²) in [5.74, 6) is 3.78. The average Bonchev–Trinajstić information content (AvgIpc) is 3.38. The van der Waals surface area contributed by atoms with Gasteiger partial charge in [-0.3, -0.25) is 9.36 Å². The van der Waals surface area contributed by atoms with Crippen LogP contribution in [0.25, 0.3) is 11.4 Å². The van der Waals surface area contributed by atoms with E-state index >= 15 is 0 Å². The van der Waals surface area contributed by atoms with Gasteiger partial charge in [0.2, 0.25) is 0 Å². The zero-order chi connectivity index (χ0) is 17.5. The van der Waals surface area contributed by atoms with E-state index in [2.05, 4.69) is 22.3 Å². The summed E-state index contributed by atoms with van der Waals surface area (Å²) in [7, 11) is 2.00. The number of hydrogen-bond acceptors (Lipinski definition) is 4. The van der Waals surface area contributed by atoms with Gasteiger partial charge in [0.25, 0.3) is 0 Å². The summed E-state index contributed by atoms with van der Waals surface area (Å²) < 4.78 is 9.50. The number of benzene rings is 1. The number of rotatable bonds is 4. The van der Waals surface area contributed by atoms with Crippen LogP contribution in [0.2, 0.25) is 0 Å². The molecule has 1 aliphatic heterocycles. The molecular weight excluding hydrogens is 326 g/mol. The molecule has 0 bridgehead atoms. The molecule has 26 heavy (non-hydrogen) atoms. The molecule has 2 fully saturated rings. The van der Waals surface area contributed by atoms with Crippen molar-refractivity contribution in [2.45, 2.75) is 25.3 Å². The Balaban J connectivity index is 1.35. The molecule has 1 saturated carbocycles. The highest BCUT2D eigenvalue weighted by Crippen LogP contribution is 2.45. The van der Waals surface area contributed by atoms with Crippen LogP contribution in [0, 0.1) is 11.8 Å². The molecule has 3 heterocycles. The number of nitrogens with zero attached hydrogens (tertiary/aromatic N) is 5. The standard InChI is InChI=1S/C20H23N5O/c1-24-20(15-7-16-12-26-13-17(16)8-15)22-19(23-24)18-9-21-25(11-18)10-14-5-3-2-4-6-14/h2-6,9,11,15-17H,7-8,10,12-13H2,1H3/t16-,17-/m1/s1. The fourth-order valence-electron chi connectivity index (χ4n) is 4.41. The molecule has 1 saturated heterocycles. The van der Waals surface area contributed by atoms with Crippen molar-refractivity contribution in [3.8, 4) is 11.4 Å². The SMILES string of the molecule is Cn1nc(-c2cnn(Cc3ccccc3)c2)nc1C1C[C@@H]2COC[C@H]2C1. The van der Waals surface area contributed by atoms with Crippen molar-refractivity contribution in [2.24, 2.45) is 18.9 Å². The second-order valence-electron chi connectivity index (χ2n) is 7.56. The van der Waals surface area contributed by atoms with Gasteiger partial charge in [0.1, 0.15) is 5.82 Å². The number of aromatic nitrogens is 5. The van der Waals surface area contributed by atoms with Crippen molar-refractivity contribution in [3.63, 3.8) is 0 Å². The minimum absolute atomic E-state index is 0.500. The summed E-state index contributed by atoms with van der Waals surface area (Å²) in [5, 5.41) is 9.14. The van der Waals surface area contributed by atoms with Crippen molar-refractivity contribution in [1.29, 1.82) is 0 Å². The van der Waals surface area contributed by atoms with Gasteiger partial charge in [-0.15, -0.1) is 0 Å². The van der Waals surface area contributed by atoms with Gasteiger partial charge < -0.3 is 4.74 Å². The summed E-state index contributed by atoms with van der Waals surface area (Å²) in [6, 6.07) is 10.3. The minimum atomic E-state index is 0.500. The first-order chi connectivity index (χ1) is 12.8. The number of ether oxygens (including phenoxy) is 1. The van der Waals surface area contributed by atoms with E-state index in [0.717, 1.165) is 37.0 Å². The van der Waals surface area contributed by atoms with Gasteiger partial charge in [0.15, 0.2) is 5.82 Å². The first-order valence-electron chi connectivity index (χ1n) is 9.31. The van der Waals surface area contributed by atoms with Crippen molar-refractivity contribution < 1.29 is 4.74 Å². The number of hydrogen-bond donors (Lipinski definition) is 0. The molecule has 1 aromatic carbocycles. The van der Waals surface area contributed by atoms with E-state index in [9.17, 15) is 0 Å². The van der Waals surface area contributed by atoms with E-state index in [1.165, 1.54) is 18.4 Å². The Hall–Kier alpha value is -2.47. The highest BCUT2D eigenvalue weighted by molar-refractivity contribution is 5.51. The highest BCUT2D eigenvalue weighted by Gasteiger charge is 2.40. The molecule has 5 rings (SSSR count). The Labute approximate surface area is 152 Å². The number of fused-ring (bicyclic) bond motifs is 1. The maximum Gasteiger partial charge on any atom is 0.184 e. The molecule has 3 aromatic rings. The summed E-state index contributed by atoms with van der Waals surface area (Å²) in [4.78, 5) is 4.87. The van der Waals surface area contributed by atoms with E-state index in [0.29, 0.717) is 17.8 Å². The Morgan fingerprint density at radius 1 is 1.12 bits per heavy atom. The van der Waals surface area contributed by atoms with Crippen LogP contribution in [0.1, 0.15) is 30.1 Å². The lowest BCUT2D eigenvalue weighted by Gasteiger charge is -2.09. The zero-order valence-corrected chi connectivity index (χ0v) is 15.0. The van der Waals surface area contributed by atoms with E-state index in [1.807, 2.05) is 47.0 Å². The van der Waals surface area contributed by atoms with Crippen LogP contribution >= 0.6 is 0 Å². The first-order valence-corrected chi connectivity index (χ1v) is 9.31. The molecule has 0 spiro atoms. The smallest absolute Gasteiger partial charge is 0.184 e. The maximum absolute atomic E-state index is 5.60. The van der Waals surface area contributed by atoms with Gasteiger partial charge in [0.05, 0.1) is 18.3 Å². The molecule has 1 aliphatic carbocycles. The lowest BCUT2D eigenvalue weighted by Crippen LogP contribution is -2.06. The largest absolute Gasteiger partial charge is 0.381 e. The molecule has 2 aromatic heterocycles. The minimum Gasteiger partial charge on any atom is -0.381 e. The molecule has 134 valence electrons. The van der Waals surface area contributed by atoms with E-state index in [-0.39, 0.29) is 0 Å². The average molecular weight is 349 g/mol. The Morgan fingerprint density at radius 2 is 1.88 bits per heavy atom. The van der Waals surface area contributed by atoms with E-state index in [1.54, 1.807) is 0 Å². The molecule has 6 heteroatoms. The normalized spacial score (nSPS) is 22.8. The monoisotopic (exact) mass is 349 g/mol. The quantitative estimate of drug-likeness (QED) is 0.727. The van der Waals surface area contributed by atoms with Gasteiger partial charge >= 0.3 is 0 Å². The van der Waals surface area contributed by atoms with Crippen LogP contribution in [0.5, 0.6) is 0 Å². The van der Waals surface area contributed by atoms with Crippen LogP contribution in [0.3, 0.4) is 0 Å². The first kappa shape index (κ1) is 15.8. The third-order valence-electron chi connectivity index (χ3n) is 5.75. The van der Waals surface area contributed by atoms with Gasteiger partial charge in [-0.05, 0) is 30.2 Å². The van der Waals surface area contributed by atoms with Crippen LogP contribution in [0.4, 0.5) is 0 Å². The van der Waals surface area contributed by atoms with Crippen molar-refractivity contribution in [3.05, 3.63) is 54.1 Å². The maximum atomic E-state index is 5.60. The summed E-state index contributed by atoms with van der Waals surface area (Å²) in [6.07, 6.45) is 6.23. The van der Waals surface area contributed by atoms with Crippen molar-refractivity contribution in [2.75, 3.05) is 13.2 Å². The Bertz CT molecular complexity index is 888. The summed E-state index contributed by atoms with van der Waals surface area (Å²) in [6.45, 7) is 2.59. The predicted octanol–water partition coefficient (Wildman–Crippen LogP) is 2.87. The van der Waals surface area contributed by atoms with Gasteiger partial charge in [-0.2, -0.15) is 10.2 Å². The van der Waals surface area contributed by atoms with Crippen LogP contribution in [0.15, 0.2) is 42.7 Å². The van der Waals surface area contributed by atoms with Gasteiger partial charge in [-0.25, -0.2) is 4.98 Å². The molecule has 6 nitrogen and oxygen atoms in total. The van der Waals surface area contributed by atoms with Gasteiger partial charge in [-0.1, -0.05) is 30.3 Å². The Kier molecular flexibility index (Phi) is 3.85. The molecule has 2 atom stereocenters. The molecule has 0 radical (unpaired) electrons. The van der Waals surface area contributed by atoms with Crippen molar-refractivity contribution in [1.82, 2.24) is 24.5 Å². The zero-order valence-electron chi connectivity index (χ0n) is 15.0. The van der Waals surface area contributed by atoms with Gasteiger partial charge in [0, 0.05) is 32.4 Å². The highest BCUT2D eigenvalue weighted by atomic mass is 16.5. The van der Waals surface area contributed by atoms with E-state index < -0.39 is 0 Å². The summed E-state index contributed by atoms with van der Waals surface area (Å²) in [5.41, 5.74) is 2.21. The van der Waals surface area contributed by atoms with Crippen molar-refractivity contribution >= 4 is 0 Å². The lowest BCUT2D eigenvalue weighted by atomic mass is 10.0. The molecular formula is C20H23N5O. The second kappa shape index (κ2) is 6.36. The third-order valence-corrected chi connectivity index (χ3v) is 5.75. The predicted molar refractivity (Wildman–Crippen MR) is 97.5 cm³/mol. The van der Waals surface area contributed by atoms with Crippen LogP contribution in [-0.2, 0) is 18.3 Å². The fourth-order valence-corrected chi connectivity index (χ4v) is 4.41. The lowest BCUT2D eigenvalue weighted by molar-refractivity contribution is 0.170. The van der Waals surface area contributed by atoms with Crippen LogP contribution in [-0.4, -0.2) is 37.8 Å². The van der Waals surface area contributed by atoms with Crippen LogP contribution < -0.4 is 0 Å². The second-order valence-corrected chi connectivity index (χ2v) is 7.56. The summed E-state index contributed by atoms with van der Waals surface area (Å²) >= 11 is 0. The molecule has 0 unspecified atom stereocenters.